The van der Waals surface area contributed by atoms with Crippen molar-refractivity contribution in [1.82, 2.24) is 5.32 Å². The summed E-state index contributed by atoms with van der Waals surface area (Å²) in [6.45, 7) is 2.23. The van der Waals surface area contributed by atoms with Gasteiger partial charge >= 0.3 is 0 Å². The van der Waals surface area contributed by atoms with Gasteiger partial charge in [0.05, 0.1) is 11.8 Å². The molecule has 2 rings (SSSR count). The Morgan fingerprint density at radius 1 is 1.19 bits per heavy atom. The Bertz CT molecular complexity index is 872. The Morgan fingerprint density at radius 3 is 2.56 bits per heavy atom. The second-order valence-electron chi connectivity index (χ2n) is 6.27. The maximum absolute atomic E-state index is 12.1. The van der Waals surface area contributed by atoms with Gasteiger partial charge in [0.1, 0.15) is 21.3 Å². The summed E-state index contributed by atoms with van der Waals surface area (Å²) in [6, 6.07) is 14.2. The molecule has 0 fully saturated rings. The van der Waals surface area contributed by atoms with Crippen molar-refractivity contribution < 1.29 is 17.9 Å². The van der Waals surface area contributed by atoms with E-state index in [-0.39, 0.29) is 37.0 Å². The standard InChI is InChI=1S/C19H24N2O4S.ClH/c1-14-6-5-8-16(12-14)25-18-9-4-3-7-15(18)13-21-19(22)17(20)10-11-26(2,23)24;/h3-9,12,17H,10-11,13,20H2,1-2H3,(H,21,22);1H. The summed E-state index contributed by atoms with van der Waals surface area (Å²) in [6.07, 6.45) is 1.21. The number of amides is 1. The number of hydrogen-bond acceptors (Lipinski definition) is 5. The van der Waals surface area contributed by atoms with Gasteiger partial charge in [0.2, 0.25) is 5.91 Å². The van der Waals surface area contributed by atoms with Gasteiger partial charge in [-0.2, -0.15) is 0 Å². The summed E-state index contributed by atoms with van der Waals surface area (Å²) < 4.78 is 28.3. The molecule has 0 spiro atoms. The summed E-state index contributed by atoms with van der Waals surface area (Å²) in [7, 11) is -3.14. The molecule has 0 saturated heterocycles. The Kier molecular flexibility index (Phi) is 8.75. The molecule has 1 atom stereocenters. The molecule has 0 aliphatic rings. The quantitative estimate of drug-likeness (QED) is 0.694. The molecule has 1 unspecified atom stereocenters. The second kappa shape index (κ2) is 10.3. The lowest BCUT2D eigenvalue weighted by molar-refractivity contribution is -0.122. The monoisotopic (exact) mass is 412 g/mol. The first-order valence-corrected chi connectivity index (χ1v) is 10.3. The van der Waals surface area contributed by atoms with Crippen molar-refractivity contribution >= 4 is 28.2 Å². The van der Waals surface area contributed by atoms with Gasteiger partial charge < -0.3 is 15.8 Å². The molecule has 1 amide bonds. The summed E-state index contributed by atoms with van der Waals surface area (Å²) in [4.78, 5) is 12.1. The van der Waals surface area contributed by atoms with Crippen LogP contribution in [0, 0.1) is 6.92 Å². The lowest BCUT2D eigenvalue weighted by atomic mass is 10.1. The predicted octanol–water partition coefficient (Wildman–Crippen LogP) is 2.59. The number of hydrogen-bond donors (Lipinski definition) is 2. The van der Waals surface area contributed by atoms with Crippen molar-refractivity contribution in [3.63, 3.8) is 0 Å². The highest BCUT2D eigenvalue weighted by atomic mass is 35.5. The van der Waals surface area contributed by atoms with Crippen LogP contribution in [0.4, 0.5) is 0 Å². The molecule has 0 radical (unpaired) electrons. The van der Waals surface area contributed by atoms with Crippen molar-refractivity contribution in [1.29, 1.82) is 0 Å². The average Bonchev–Trinajstić information content (AvgIpc) is 2.58. The minimum Gasteiger partial charge on any atom is -0.457 e. The first-order chi connectivity index (χ1) is 12.2. The summed E-state index contributed by atoms with van der Waals surface area (Å²) in [5.41, 5.74) is 7.65. The van der Waals surface area contributed by atoms with Gasteiger partial charge in [0.15, 0.2) is 0 Å². The Balaban J connectivity index is 0.00000364. The molecule has 0 aliphatic heterocycles. The zero-order valence-corrected chi connectivity index (χ0v) is 17.0. The fourth-order valence-corrected chi connectivity index (χ4v) is 3.02. The van der Waals surface area contributed by atoms with E-state index in [1.54, 1.807) is 0 Å². The van der Waals surface area contributed by atoms with E-state index in [2.05, 4.69) is 5.32 Å². The third-order valence-electron chi connectivity index (χ3n) is 3.78. The van der Waals surface area contributed by atoms with Crippen molar-refractivity contribution in [2.24, 2.45) is 5.73 Å². The number of nitrogens with one attached hydrogen (secondary N) is 1. The molecule has 0 saturated carbocycles. The van der Waals surface area contributed by atoms with Gasteiger partial charge in [-0.15, -0.1) is 12.4 Å². The third kappa shape index (κ3) is 7.99. The smallest absolute Gasteiger partial charge is 0.237 e. The maximum atomic E-state index is 12.1. The normalized spacial score (nSPS) is 12.0. The molecule has 2 aromatic carbocycles. The van der Waals surface area contributed by atoms with Crippen LogP contribution in [-0.4, -0.2) is 32.4 Å². The zero-order chi connectivity index (χ0) is 19.2. The van der Waals surface area contributed by atoms with E-state index in [0.29, 0.717) is 11.5 Å². The lowest BCUT2D eigenvalue weighted by Gasteiger charge is -2.14. The number of rotatable bonds is 8. The molecule has 3 N–H and O–H groups in total. The largest absolute Gasteiger partial charge is 0.457 e. The van der Waals surface area contributed by atoms with E-state index in [1.807, 2.05) is 55.5 Å². The van der Waals surface area contributed by atoms with E-state index >= 15 is 0 Å². The number of carbonyl (C=O) groups is 1. The van der Waals surface area contributed by atoms with Crippen LogP contribution in [0.2, 0.25) is 0 Å². The van der Waals surface area contributed by atoms with Gasteiger partial charge in [-0.25, -0.2) is 8.42 Å². The van der Waals surface area contributed by atoms with Crippen LogP contribution in [0.5, 0.6) is 11.5 Å². The molecule has 8 heteroatoms. The number of halogens is 1. The molecular formula is C19H25ClN2O4S. The first kappa shape index (κ1) is 23.0. The van der Waals surface area contributed by atoms with Crippen LogP contribution >= 0.6 is 12.4 Å². The van der Waals surface area contributed by atoms with Crippen molar-refractivity contribution in [3.05, 3.63) is 59.7 Å². The van der Waals surface area contributed by atoms with Crippen LogP contribution in [0.15, 0.2) is 48.5 Å². The number of sulfone groups is 1. The molecule has 0 heterocycles. The Hall–Kier alpha value is -2.09. The van der Waals surface area contributed by atoms with E-state index in [0.717, 1.165) is 17.4 Å². The Morgan fingerprint density at radius 2 is 1.89 bits per heavy atom. The van der Waals surface area contributed by atoms with Crippen LogP contribution in [-0.2, 0) is 21.2 Å². The maximum Gasteiger partial charge on any atom is 0.237 e. The SMILES string of the molecule is Cc1cccc(Oc2ccccc2CNC(=O)C(N)CCS(C)(=O)=O)c1.Cl. The number of benzene rings is 2. The third-order valence-corrected chi connectivity index (χ3v) is 4.76. The topological polar surface area (TPSA) is 98.5 Å². The molecule has 0 aromatic heterocycles. The number of nitrogens with two attached hydrogens (primary N) is 1. The highest BCUT2D eigenvalue weighted by Gasteiger charge is 2.16. The van der Waals surface area contributed by atoms with Gasteiger partial charge in [0, 0.05) is 18.4 Å². The van der Waals surface area contributed by atoms with Gasteiger partial charge in [-0.3, -0.25) is 4.79 Å². The Labute approximate surface area is 166 Å². The highest BCUT2D eigenvalue weighted by molar-refractivity contribution is 7.90. The fourth-order valence-electron chi connectivity index (χ4n) is 2.34. The minimum absolute atomic E-state index is 0. The van der Waals surface area contributed by atoms with Gasteiger partial charge in [-0.05, 0) is 37.1 Å². The number of carbonyl (C=O) groups excluding carboxylic acids is 1. The van der Waals surface area contributed by atoms with Crippen molar-refractivity contribution in [2.45, 2.75) is 25.9 Å². The summed E-state index contributed by atoms with van der Waals surface area (Å²) in [5, 5.41) is 2.73. The van der Waals surface area contributed by atoms with Crippen LogP contribution in [0.25, 0.3) is 0 Å². The van der Waals surface area contributed by atoms with Crippen LogP contribution in [0.1, 0.15) is 17.5 Å². The molecule has 148 valence electrons. The predicted molar refractivity (Wildman–Crippen MR) is 109 cm³/mol. The molecule has 0 aliphatic carbocycles. The number of aryl methyl sites for hydroxylation is 1. The molecule has 0 bridgehead atoms. The van der Waals surface area contributed by atoms with Crippen LogP contribution in [0.3, 0.4) is 0 Å². The number of para-hydroxylation sites is 1. The highest BCUT2D eigenvalue weighted by Crippen LogP contribution is 2.25. The summed E-state index contributed by atoms with van der Waals surface area (Å²) >= 11 is 0. The lowest BCUT2D eigenvalue weighted by Crippen LogP contribution is -2.41. The molecule has 6 nitrogen and oxygen atoms in total. The molecular weight excluding hydrogens is 388 g/mol. The minimum atomic E-state index is -3.14. The number of ether oxygens (including phenoxy) is 1. The van der Waals surface area contributed by atoms with Crippen LogP contribution < -0.4 is 15.8 Å². The zero-order valence-electron chi connectivity index (χ0n) is 15.3. The van der Waals surface area contributed by atoms with E-state index in [9.17, 15) is 13.2 Å². The molecule has 2 aromatic rings. The van der Waals surface area contributed by atoms with E-state index in [4.69, 9.17) is 10.5 Å². The molecule has 27 heavy (non-hydrogen) atoms. The van der Waals surface area contributed by atoms with E-state index < -0.39 is 15.9 Å². The van der Waals surface area contributed by atoms with Crippen molar-refractivity contribution in [2.75, 3.05) is 12.0 Å². The van der Waals surface area contributed by atoms with Crippen molar-refractivity contribution in [3.8, 4) is 11.5 Å². The van der Waals surface area contributed by atoms with E-state index in [1.165, 1.54) is 0 Å². The van der Waals surface area contributed by atoms with Gasteiger partial charge in [-0.1, -0.05) is 30.3 Å². The second-order valence-corrected chi connectivity index (χ2v) is 8.53. The average molecular weight is 413 g/mol. The van der Waals surface area contributed by atoms with Gasteiger partial charge in [0.25, 0.3) is 0 Å². The summed E-state index contributed by atoms with van der Waals surface area (Å²) in [5.74, 6) is 0.852. The fraction of sp³-hybridized carbons (Fsp3) is 0.316. The first-order valence-electron chi connectivity index (χ1n) is 8.28.